The Morgan fingerprint density at radius 1 is 1.07 bits per heavy atom. The Morgan fingerprint density at radius 3 is 2.14 bits per heavy atom. The van der Waals surface area contributed by atoms with Crippen molar-refractivity contribution in [3.8, 4) is 5.75 Å². The van der Waals surface area contributed by atoms with Crippen molar-refractivity contribution in [1.82, 2.24) is 9.62 Å². The van der Waals surface area contributed by atoms with E-state index < -0.39 is 10.0 Å². The van der Waals surface area contributed by atoms with Crippen molar-refractivity contribution in [3.05, 3.63) is 59.7 Å². The molecule has 0 bridgehead atoms. The SMILES string of the molecule is CCC(C)(C)NC(=O)c1ccc(CN(C)S(=O)(=O)c2ccc(OC)cc2)cc1. The number of ether oxygens (including phenoxy) is 1. The Labute approximate surface area is 167 Å². The molecule has 0 spiro atoms. The van der Waals surface area contributed by atoms with Crippen molar-refractivity contribution in [2.45, 2.75) is 44.2 Å². The van der Waals surface area contributed by atoms with Gasteiger partial charge in [0.05, 0.1) is 12.0 Å². The van der Waals surface area contributed by atoms with Gasteiger partial charge in [-0.05, 0) is 62.2 Å². The Morgan fingerprint density at radius 2 is 1.64 bits per heavy atom. The van der Waals surface area contributed by atoms with Crippen molar-refractivity contribution in [1.29, 1.82) is 0 Å². The highest BCUT2D eigenvalue weighted by molar-refractivity contribution is 7.89. The zero-order valence-corrected chi connectivity index (χ0v) is 17.8. The second-order valence-electron chi connectivity index (χ2n) is 7.33. The summed E-state index contributed by atoms with van der Waals surface area (Å²) in [6.07, 6.45) is 0.824. The summed E-state index contributed by atoms with van der Waals surface area (Å²) in [7, 11) is -0.555. The lowest BCUT2D eigenvalue weighted by Crippen LogP contribution is -2.42. The van der Waals surface area contributed by atoms with Gasteiger partial charge in [0.1, 0.15) is 5.75 Å². The molecule has 7 heteroatoms. The van der Waals surface area contributed by atoms with Crippen LogP contribution in [-0.4, -0.2) is 38.3 Å². The van der Waals surface area contributed by atoms with Gasteiger partial charge in [0.25, 0.3) is 5.91 Å². The van der Waals surface area contributed by atoms with Crippen LogP contribution < -0.4 is 10.1 Å². The molecular weight excluding hydrogens is 376 g/mol. The minimum atomic E-state index is -3.62. The van der Waals surface area contributed by atoms with Crippen LogP contribution in [0, 0.1) is 0 Å². The van der Waals surface area contributed by atoms with Crippen molar-refractivity contribution >= 4 is 15.9 Å². The largest absolute Gasteiger partial charge is 0.497 e. The summed E-state index contributed by atoms with van der Waals surface area (Å²) in [5.74, 6) is 0.458. The molecule has 152 valence electrons. The van der Waals surface area contributed by atoms with Crippen LogP contribution in [0.15, 0.2) is 53.4 Å². The molecule has 1 amide bonds. The molecule has 0 unspecified atom stereocenters. The zero-order valence-electron chi connectivity index (χ0n) is 17.0. The van der Waals surface area contributed by atoms with Gasteiger partial charge >= 0.3 is 0 Å². The van der Waals surface area contributed by atoms with Gasteiger partial charge in [0.2, 0.25) is 10.0 Å². The van der Waals surface area contributed by atoms with Crippen LogP contribution in [0.4, 0.5) is 0 Å². The molecule has 0 radical (unpaired) electrons. The number of hydrogen-bond acceptors (Lipinski definition) is 4. The lowest BCUT2D eigenvalue weighted by molar-refractivity contribution is 0.0911. The molecule has 6 nitrogen and oxygen atoms in total. The molecule has 0 heterocycles. The Balaban J connectivity index is 2.09. The Kier molecular flexibility index (Phi) is 6.85. The van der Waals surface area contributed by atoms with E-state index in [1.54, 1.807) is 36.4 Å². The van der Waals surface area contributed by atoms with Crippen molar-refractivity contribution in [3.63, 3.8) is 0 Å². The van der Waals surface area contributed by atoms with Crippen LogP contribution in [-0.2, 0) is 16.6 Å². The first-order valence-electron chi connectivity index (χ1n) is 9.11. The highest BCUT2D eigenvalue weighted by Gasteiger charge is 2.22. The summed E-state index contributed by atoms with van der Waals surface area (Å²) in [6.45, 7) is 6.16. The molecule has 0 saturated carbocycles. The minimum absolute atomic E-state index is 0.141. The highest BCUT2D eigenvalue weighted by atomic mass is 32.2. The molecular formula is C21H28N2O4S. The number of carbonyl (C=O) groups excluding carboxylic acids is 1. The van der Waals surface area contributed by atoms with Crippen LogP contribution in [0.3, 0.4) is 0 Å². The van der Waals surface area contributed by atoms with Gasteiger partial charge in [-0.3, -0.25) is 4.79 Å². The average molecular weight is 405 g/mol. The number of sulfonamides is 1. The van der Waals surface area contributed by atoms with E-state index in [9.17, 15) is 13.2 Å². The number of nitrogens with one attached hydrogen (secondary N) is 1. The molecule has 0 aliphatic heterocycles. The maximum absolute atomic E-state index is 12.7. The van der Waals surface area contributed by atoms with Gasteiger partial charge in [-0.1, -0.05) is 19.1 Å². The lowest BCUT2D eigenvalue weighted by atomic mass is 10.0. The Bertz CT molecular complexity index is 904. The smallest absolute Gasteiger partial charge is 0.251 e. The second kappa shape index (κ2) is 8.75. The van der Waals surface area contributed by atoms with E-state index in [-0.39, 0.29) is 22.9 Å². The molecule has 2 aromatic rings. The second-order valence-corrected chi connectivity index (χ2v) is 9.37. The van der Waals surface area contributed by atoms with E-state index in [1.807, 2.05) is 20.8 Å². The summed E-state index contributed by atoms with van der Waals surface area (Å²) in [5.41, 5.74) is 1.07. The monoisotopic (exact) mass is 404 g/mol. The topological polar surface area (TPSA) is 75.7 Å². The summed E-state index contributed by atoms with van der Waals surface area (Å²) in [6, 6.07) is 13.2. The van der Waals surface area contributed by atoms with E-state index in [0.717, 1.165) is 12.0 Å². The van der Waals surface area contributed by atoms with Gasteiger partial charge < -0.3 is 10.1 Å². The van der Waals surface area contributed by atoms with Gasteiger partial charge in [0, 0.05) is 24.7 Å². The van der Waals surface area contributed by atoms with E-state index in [0.29, 0.717) is 11.3 Å². The van der Waals surface area contributed by atoms with E-state index >= 15 is 0 Å². The fraction of sp³-hybridized carbons (Fsp3) is 0.381. The fourth-order valence-corrected chi connectivity index (χ4v) is 3.66. The summed E-state index contributed by atoms with van der Waals surface area (Å²) in [5, 5.41) is 2.98. The third-order valence-electron chi connectivity index (χ3n) is 4.72. The predicted octanol–water partition coefficient (Wildman–Crippen LogP) is 3.43. The molecule has 1 N–H and O–H groups in total. The molecule has 2 aromatic carbocycles. The molecule has 0 atom stereocenters. The van der Waals surface area contributed by atoms with Crippen LogP contribution in [0.5, 0.6) is 5.75 Å². The number of nitrogens with zero attached hydrogens (tertiary/aromatic N) is 1. The summed E-state index contributed by atoms with van der Waals surface area (Å²) < 4.78 is 31.8. The molecule has 0 fully saturated rings. The maximum atomic E-state index is 12.7. The number of carbonyl (C=O) groups is 1. The van der Waals surface area contributed by atoms with Crippen molar-refractivity contribution < 1.29 is 17.9 Å². The summed E-state index contributed by atoms with van der Waals surface area (Å²) >= 11 is 0. The highest BCUT2D eigenvalue weighted by Crippen LogP contribution is 2.20. The third-order valence-corrected chi connectivity index (χ3v) is 6.54. The number of hydrogen-bond donors (Lipinski definition) is 1. The normalized spacial score (nSPS) is 12.1. The molecule has 0 aliphatic rings. The predicted molar refractivity (Wildman–Crippen MR) is 110 cm³/mol. The van der Waals surface area contributed by atoms with E-state index in [2.05, 4.69) is 5.32 Å². The Hall–Kier alpha value is -2.38. The average Bonchev–Trinajstić information content (AvgIpc) is 2.68. The quantitative estimate of drug-likeness (QED) is 0.731. The number of rotatable bonds is 8. The standard InChI is InChI=1S/C21H28N2O4S/c1-6-21(2,3)22-20(24)17-9-7-16(8-10-17)15-23(4)28(25,26)19-13-11-18(27-5)12-14-19/h7-14H,6,15H2,1-5H3,(H,22,24). The van der Waals surface area contributed by atoms with Gasteiger partial charge in [-0.25, -0.2) is 8.42 Å². The van der Waals surface area contributed by atoms with E-state index in [4.69, 9.17) is 4.74 Å². The van der Waals surface area contributed by atoms with Crippen molar-refractivity contribution in [2.75, 3.05) is 14.2 Å². The zero-order chi connectivity index (χ0) is 20.9. The first kappa shape index (κ1) is 21.9. The van der Waals surface area contributed by atoms with Crippen LogP contribution in [0.2, 0.25) is 0 Å². The third kappa shape index (κ3) is 5.33. The van der Waals surface area contributed by atoms with Crippen LogP contribution in [0.1, 0.15) is 43.1 Å². The lowest BCUT2D eigenvalue weighted by Gasteiger charge is -2.24. The number of amides is 1. The van der Waals surface area contributed by atoms with Crippen molar-refractivity contribution in [2.24, 2.45) is 0 Å². The maximum Gasteiger partial charge on any atom is 0.251 e. The first-order valence-corrected chi connectivity index (χ1v) is 10.5. The van der Waals surface area contributed by atoms with Gasteiger partial charge in [-0.2, -0.15) is 4.31 Å². The fourth-order valence-electron chi connectivity index (χ4n) is 2.50. The molecule has 28 heavy (non-hydrogen) atoms. The molecule has 0 saturated heterocycles. The number of methoxy groups -OCH3 is 1. The first-order chi connectivity index (χ1) is 13.1. The molecule has 0 aliphatic carbocycles. The van der Waals surface area contributed by atoms with E-state index in [1.165, 1.54) is 30.6 Å². The molecule has 0 aromatic heterocycles. The minimum Gasteiger partial charge on any atom is -0.497 e. The van der Waals surface area contributed by atoms with Crippen LogP contribution >= 0.6 is 0 Å². The number of benzene rings is 2. The van der Waals surface area contributed by atoms with Gasteiger partial charge in [-0.15, -0.1) is 0 Å². The van der Waals surface area contributed by atoms with Gasteiger partial charge in [0.15, 0.2) is 0 Å². The molecule has 2 rings (SSSR count). The van der Waals surface area contributed by atoms with Crippen LogP contribution in [0.25, 0.3) is 0 Å². The summed E-state index contributed by atoms with van der Waals surface area (Å²) in [4.78, 5) is 12.5.